The maximum absolute atomic E-state index is 12.7. The number of carbonyl (C=O) groups is 1. The van der Waals surface area contributed by atoms with Crippen molar-refractivity contribution in [1.29, 1.82) is 0 Å². The molecule has 4 nitrogen and oxygen atoms in total. The van der Waals surface area contributed by atoms with Crippen molar-refractivity contribution in [2.45, 2.75) is 19.6 Å². The Morgan fingerprint density at radius 1 is 1.03 bits per heavy atom. The fraction of sp³-hybridized carbons (Fsp3) is 0.409. The average molecular weight is 405 g/mol. The molecule has 0 bridgehead atoms. The molecule has 0 aliphatic carbocycles. The molecule has 3 rings (SSSR count). The second-order valence-corrected chi connectivity index (χ2v) is 7.57. The van der Waals surface area contributed by atoms with Crippen LogP contribution in [0.3, 0.4) is 0 Å². The molecule has 0 N–H and O–H groups in total. The topological polar surface area (TPSA) is 26.8 Å². The van der Waals surface area contributed by atoms with Gasteiger partial charge in [-0.1, -0.05) is 24.3 Å². The maximum atomic E-state index is 12.7. The normalized spacial score (nSPS) is 15.1. The van der Waals surface area contributed by atoms with E-state index >= 15 is 0 Å². The van der Waals surface area contributed by atoms with E-state index in [1.54, 1.807) is 7.05 Å². The summed E-state index contributed by atoms with van der Waals surface area (Å²) in [5.74, 6) is 0.0447. The molecule has 0 saturated carbocycles. The Labute approximate surface area is 169 Å². The molecule has 0 unspecified atom stereocenters. The molecule has 2 aromatic carbocycles. The zero-order valence-corrected chi connectivity index (χ0v) is 16.7. The van der Waals surface area contributed by atoms with E-state index in [2.05, 4.69) is 30.0 Å². The second kappa shape index (κ2) is 8.86. The summed E-state index contributed by atoms with van der Waals surface area (Å²) in [5.41, 5.74) is 2.48. The molecule has 0 atom stereocenters. The van der Waals surface area contributed by atoms with Crippen molar-refractivity contribution in [3.05, 3.63) is 65.2 Å². The summed E-state index contributed by atoms with van der Waals surface area (Å²) in [6, 6.07) is 13.4. The lowest BCUT2D eigenvalue weighted by atomic mass is 10.1. The van der Waals surface area contributed by atoms with E-state index in [0.717, 1.165) is 30.8 Å². The zero-order chi connectivity index (χ0) is 21.0. The summed E-state index contributed by atoms with van der Waals surface area (Å²) in [6.45, 7) is 5.64. The summed E-state index contributed by atoms with van der Waals surface area (Å²) in [6.07, 6.45) is -4.33. The number of hydrogen-bond acceptors (Lipinski definition) is 3. The molecule has 1 heterocycles. The lowest BCUT2D eigenvalue weighted by Gasteiger charge is -2.37. The van der Waals surface area contributed by atoms with Gasteiger partial charge in [-0.25, -0.2) is 0 Å². The van der Waals surface area contributed by atoms with Crippen LogP contribution in [0.5, 0.6) is 0 Å². The van der Waals surface area contributed by atoms with Crippen LogP contribution in [0.15, 0.2) is 48.5 Å². The molecule has 0 radical (unpaired) electrons. The van der Waals surface area contributed by atoms with Crippen LogP contribution >= 0.6 is 0 Å². The monoisotopic (exact) mass is 405 g/mol. The number of aryl methyl sites for hydroxylation is 1. The van der Waals surface area contributed by atoms with Gasteiger partial charge >= 0.3 is 6.18 Å². The van der Waals surface area contributed by atoms with Crippen molar-refractivity contribution in [1.82, 2.24) is 9.80 Å². The van der Waals surface area contributed by atoms with E-state index in [1.165, 1.54) is 23.4 Å². The number of rotatable bonds is 5. The standard InChI is InChI=1S/C22H26F3N3O/c1-17-4-3-5-20(14-17)27-10-12-28(13-11-27)21(29)16-26(2)15-18-6-8-19(9-7-18)22(23,24)25/h3-9,14H,10-13,15-16H2,1-2H3. The van der Waals surface area contributed by atoms with Gasteiger partial charge in [0.1, 0.15) is 0 Å². The minimum atomic E-state index is -4.33. The summed E-state index contributed by atoms with van der Waals surface area (Å²) in [7, 11) is 1.80. The molecule has 1 aliphatic heterocycles. The SMILES string of the molecule is Cc1cccc(N2CCN(C(=O)CN(C)Cc3ccc(C(F)(F)F)cc3)CC2)c1. The molecule has 1 saturated heterocycles. The lowest BCUT2D eigenvalue weighted by molar-refractivity contribution is -0.137. The fourth-order valence-electron chi connectivity index (χ4n) is 3.54. The van der Waals surface area contributed by atoms with Crippen LogP contribution in [0.1, 0.15) is 16.7 Å². The van der Waals surface area contributed by atoms with Crippen LogP contribution < -0.4 is 4.90 Å². The molecule has 1 aliphatic rings. The summed E-state index contributed by atoms with van der Waals surface area (Å²) < 4.78 is 38.0. The molecule has 29 heavy (non-hydrogen) atoms. The molecule has 2 aromatic rings. The first-order chi connectivity index (χ1) is 13.7. The number of nitrogens with zero attached hydrogens (tertiary/aromatic N) is 3. The maximum Gasteiger partial charge on any atom is 0.416 e. The number of amides is 1. The van der Waals surface area contributed by atoms with Gasteiger partial charge in [0.2, 0.25) is 5.91 Å². The third kappa shape index (κ3) is 5.73. The highest BCUT2D eigenvalue weighted by atomic mass is 19.4. The third-order valence-corrected chi connectivity index (χ3v) is 5.14. The van der Waals surface area contributed by atoms with E-state index in [1.807, 2.05) is 15.9 Å². The Bertz CT molecular complexity index is 828. The first-order valence-corrected chi connectivity index (χ1v) is 9.66. The summed E-state index contributed by atoms with van der Waals surface area (Å²) >= 11 is 0. The number of hydrogen-bond donors (Lipinski definition) is 0. The number of alkyl halides is 3. The number of benzene rings is 2. The van der Waals surface area contributed by atoms with Gasteiger partial charge in [-0.05, 0) is 49.4 Å². The van der Waals surface area contributed by atoms with Gasteiger partial charge in [-0.3, -0.25) is 9.69 Å². The number of likely N-dealkylation sites (N-methyl/N-ethyl adjacent to an activating group) is 1. The Balaban J connectivity index is 1.48. The van der Waals surface area contributed by atoms with Crippen LogP contribution in [-0.2, 0) is 17.5 Å². The number of halogens is 3. The highest BCUT2D eigenvalue weighted by molar-refractivity contribution is 5.78. The van der Waals surface area contributed by atoms with Crippen molar-refractivity contribution in [3.8, 4) is 0 Å². The quantitative estimate of drug-likeness (QED) is 0.757. The van der Waals surface area contributed by atoms with Crippen LogP contribution in [0, 0.1) is 6.92 Å². The fourth-order valence-corrected chi connectivity index (χ4v) is 3.54. The predicted molar refractivity (Wildman–Crippen MR) is 108 cm³/mol. The van der Waals surface area contributed by atoms with Crippen LogP contribution in [0.2, 0.25) is 0 Å². The third-order valence-electron chi connectivity index (χ3n) is 5.14. The van der Waals surface area contributed by atoms with E-state index in [-0.39, 0.29) is 12.5 Å². The molecular formula is C22H26F3N3O. The zero-order valence-electron chi connectivity index (χ0n) is 16.7. The Hall–Kier alpha value is -2.54. The number of piperazine rings is 1. The van der Waals surface area contributed by atoms with E-state index in [4.69, 9.17) is 0 Å². The first-order valence-electron chi connectivity index (χ1n) is 9.66. The van der Waals surface area contributed by atoms with E-state index in [9.17, 15) is 18.0 Å². The van der Waals surface area contributed by atoms with Crippen molar-refractivity contribution in [2.75, 3.05) is 44.7 Å². The predicted octanol–water partition coefficient (Wildman–Crippen LogP) is 3.79. The van der Waals surface area contributed by atoms with Gasteiger partial charge in [0, 0.05) is 38.4 Å². The van der Waals surface area contributed by atoms with Crippen molar-refractivity contribution in [3.63, 3.8) is 0 Å². The van der Waals surface area contributed by atoms with Crippen molar-refractivity contribution < 1.29 is 18.0 Å². The number of carbonyl (C=O) groups excluding carboxylic acids is 1. The van der Waals surface area contributed by atoms with Crippen LogP contribution in [0.25, 0.3) is 0 Å². The first kappa shape index (κ1) is 21.2. The molecule has 1 fully saturated rings. The summed E-state index contributed by atoms with van der Waals surface area (Å²) in [5, 5.41) is 0. The highest BCUT2D eigenvalue weighted by Gasteiger charge is 2.30. The molecule has 1 amide bonds. The average Bonchev–Trinajstić information content (AvgIpc) is 2.67. The van der Waals surface area contributed by atoms with Crippen molar-refractivity contribution >= 4 is 11.6 Å². The second-order valence-electron chi connectivity index (χ2n) is 7.57. The van der Waals surface area contributed by atoms with Crippen LogP contribution in [-0.4, -0.2) is 55.5 Å². The molecular weight excluding hydrogens is 379 g/mol. The molecule has 156 valence electrons. The van der Waals surface area contributed by atoms with Crippen molar-refractivity contribution in [2.24, 2.45) is 0 Å². The Morgan fingerprint density at radius 2 is 1.69 bits per heavy atom. The van der Waals surface area contributed by atoms with Gasteiger partial charge in [-0.15, -0.1) is 0 Å². The number of anilines is 1. The highest BCUT2D eigenvalue weighted by Crippen LogP contribution is 2.29. The molecule has 0 spiro atoms. The Kier molecular flexibility index (Phi) is 6.47. The van der Waals surface area contributed by atoms with E-state index in [0.29, 0.717) is 19.6 Å². The molecule has 7 heteroatoms. The van der Waals surface area contributed by atoms with Gasteiger partial charge in [0.15, 0.2) is 0 Å². The smallest absolute Gasteiger partial charge is 0.368 e. The van der Waals surface area contributed by atoms with E-state index < -0.39 is 11.7 Å². The Morgan fingerprint density at radius 3 is 2.28 bits per heavy atom. The largest absolute Gasteiger partial charge is 0.416 e. The van der Waals surface area contributed by atoms with Crippen LogP contribution in [0.4, 0.5) is 18.9 Å². The van der Waals surface area contributed by atoms with Gasteiger partial charge in [-0.2, -0.15) is 13.2 Å². The van der Waals surface area contributed by atoms with Gasteiger partial charge < -0.3 is 9.80 Å². The summed E-state index contributed by atoms with van der Waals surface area (Å²) in [4.78, 5) is 18.6. The lowest BCUT2D eigenvalue weighted by Crippen LogP contribution is -2.51. The van der Waals surface area contributed by atoms with Gasteiger partial charge in [0.25, 0.3) is 0 Å². The molecule has 0 aromatic heterocycles. The minimum absolute atomic E-state index is 0.0447. The van der Waals surface area contributed by atoms with Gasteiger partial charge in [0.05, 0.1) is 12.1 Å². The minimum Gasteiger partial charge on any atom is -0.368 e.